The summed E-state index contributed by atoms with van der Waals surface area (Å²) in [5, 5.41) is 0. The predicted molar refractivity (Wildman–Crippen MR) is 114 cm³/mol. The number of rotatable bonds is 11. The first-order valence-electron chi connectivity index (χ1n) is 10.2. The van der Waals surface area contributed by atoms with Gasteiger partial charge in [-0.1, -0.05) is 12.1 Å². The van der Waals surface area contributed by atoms with Crippen LogP contribution in [0.3, 0.4) is 0 Å². The van der Waals surface area contributed by atoms with Crippen molar-refractivity contribution < 1.29 is 37.0 Å². The highest BCUT2D eigenvalue weighted by Gasteiger charge is 2.25. The summed E-state index contributed by atoms with van der Waals surface area (Å²) < 4.78 is 51.9. The minimum Gasteiger partial charge on any atom is -0.494 e. The largest absolute Gasteiger partial charge is 0.494 e. The zero-order valence-electron chi connectivity index (χ0n) is 17.7. The van der Waals surface area contributed by atoms with Crippen LogP contribution in [0, 0.1) is 0 Å². The van der Waals surface area contributed by atoms with Gasteiger partial charge in [0.1, 0.15) is 11.5 Å². The molecule has 0 radical (unpaired) electrons. The van der Waals surface area contributed by atoms with Gasteiger partial charge in [-0.15, -0.1) is 0 Å². The fraction of sp³-hybridized carbons (Fsp3) is 0.333. The Balaban J connectivity index is 1.77. The molecule has 0 aromatic heterocycles. The molecule has 0 aliphatic heterocycles. The first-order chi connectivity index (χ1) is 15.3. The van der Waals surface area contributed by atoms with Gasteiger partial charge in [-0.3, -0.25) is 0 Å². The monoisotopic (exact) mass is 450 g/mol. The second-order valence-electron chi connectivity index (χ2n) is 6.84. The standard InChI is InChI=1S/C24H25F3O5/c1-2-30-22(28)15-8-18-6-11-21(12-7-18)32-23(29)19-9-13-20(14-10-19)31-17-5-3-4-16-24(25,26)27/h6-15H,2-5,16-17H2,1H3/b15-8+. The molecule has 0 N–H and O–H groups in total. The number of ether oxygens (including phenoxy) is 3. The van der Waals surface area contributed by atoms with E-state index in [1.54, 1.807) is 61.5 Å². The molecule has 32 heavy (non-hydrogen) atoms. The summed E-state index contributed by atoms with van der Waals surface area (Å²) in [7, 11) is 0. The lowest BCUT2D eigenvalue weighted by Crippen LogP contribution is -2.08. The zero-order chi connectivity index (χ0) is 23.4. The topological polar surface area (TPSA) is 61.8 Å². The lowest BCUT2D eigenvalue weighted by molar-refractivity contribution is -0.137. The Kier molecular flexibility index (Phi) is 9.78. The summed E-state index contributed by atoms with van der Waals surface area (Å²) in [6, 6.07) is 12.9. The van der Waals surface area contributed by atoms with E-state index in [0.717, 1.165) is 5.56 Å². The molecule has 0 spiro atoms. The Labute approximate surface area is 184 Å². The van der Waals surface area contributed by atoms with Gasteiger partial charge in [0.2, 0.25) is 0 Å². The van der Waals surface area contributed by atoms with Crippen molar-refractivity contribution in [3.05, 3.63) is 65.7 Å². The van der Waals surface area contributed by atoms with Crippen molar-refractivity contribution in [2.45, 2.75) is 38.8 Å². The van der Waals surface area contributed by atoms with Crippen LogP contribution in [-0.4, -0.2) is 31.3 Å². The fourth-order valence-electron chi connectivity index (χ4n) is 2.65. The van der Waals surface area contributed by atoms with E-state index < -0.39 is 24.5 Å². The first-order valence-corrected chi connectivity index (χ1v) is 10.2. The van der Waals surface area contributed by atoms with Gasteiger partial charge in [-0.25, -0.2) is 9.59 Å². The van der Waals surface area contributed by atoms with Gasteiger partial charge in [0.25, 0.3) is 0 Å². The van der Waals surface area contributed by atoms with Crippen LogP contribution in [0.5, 0.6) is 11.5 Å². The Morgan fingerprint density at radius 2 is 1.56 bits per heavy atom. The van der Waals surface area contributed by atoms with Gasteiger partial charge >= 0.3 is 18.1 Å². The number of carbonyl (C=O) groups is 2. The molecule has 172 valence electrons. The van der Waals surface area contributed by atoms with Gasteiger partial charge in [0.05, 0.1) is 18.8 Å². The van der Waals surface area contributed by atoms with Crippen LogP contribution >= 0.6 is 0 Å². The molecular formula is C24H25F3O5. The molecule has 0 unspecified atom stereocenters. The maximum atomic E-state index is 12.3. The summed E-state index contributed by atoms with van der Waals surface area (Å²) in [6.07, 6.45) is -0.951. The van der Waals surface area contributed by atoms with Crippen LogP contribution < -0.4 is 9.47 Å². The Hall–Kier alpha value is -3.29. The van der Waals surface area contributed by atoms with Crippen LogP contribution in [0.1, 0.15) is 48.5 Å². The minimum atomic E-state index is -4.12. The summed E-state index contributed by atoms with van der Waals surface area (Å²) in [5.74, 6) is -0.104. The molecule has 2 rings (SSSR count). The summed E-state index contributed by atoms with van der Waals surface area (Å²) in [5.41, 5.74) is 1.08. The average Bonchev–Trinajstić information content (AvgIpc) is 2.75. The fourth-order valence-corrected chi connectivity index (χ4v) is 2.65. The quantitative estimate of drug-likeness (QED) is 0.182. The third-order valence-electron chi connectivity index (χ3n) is 4.25. The normalized spacial score (nSPS) is 11.4. The van der Waals surface area contributed by atoms with E-state index in [0.29, 0.717) is 43.1 Å². The van der Waals surface area contributed by atoms with Crippen molar-refractivity contribution in [2.24, 2.45) is 0 Å². The number of benzene rings is 2. The lowest BCUT2D eigenvalue weighted by Gasteiger charge is -2.08. The second kappa shape index (κ2) is 12.5. The summed E-state index contributed by atoms with van der Waals surface area (Å²) >= 11 is 0. The van der Waals surface area contributed by atoms with Crippen molar-refractivity contribution in [1.82, 2.24) is 0 Å². The smallest absolute Gasteiger partial charge is 0.389 e. The van der Waals surface area contributed by atoms with E-state index in [1.807, 2.05) is 0 Å². The van der Waals surface area contributed by atoms with E-state index in [4.69, 9.17) is 14.2 Å². The average molecular weight is 450 g/mol. The highest BCUT2D eigenvalue weighted by molar-refractivity contribution is 5.91. The summed E-state index contributed by atoms with van der Waals surface area (Å²) in [4.78, 5) is 23.6. The van der Waals surface area contributed by atoms with E-state index in [2.05, 4.69) is 0 Å². The Morgan fingerprint density at radius 3 is 2.19 bits per heavy atom. The maximum Gasteiger partial charge on any atom is 0.389 e. The highest BCUT2D eigenvalue weighted by Crippen LogP contribution is 2.23. The van der Waals surface area contributed by atoms with E-state index >= 15 is 0 Å². The number of alkyl halides is 3. The van der Waals surface area contributed by atoms with Crippen LogP contribution in [0.2, 0.25) is 0 Å². The van der Waals surface area contributed by atoms with Crippen molar-refractivity contribution in [1.29, 1.82) is 0 Å². The summed E-state index contributed by atoms with van der Waals surface area (Å²) in [6.45, 7) is 2.33. The molecule has 2 aromatic carbocycles. The second-order valence-corrected chi connectivity index (χ2v) is 6.84. The molecule has 0 amide bonds. The van der Waals surface area contributed by atoms with Crippen molar-refractivity contribution in [3.8, 4) is 11.5 Å². The van der Waals surface area contributed by atoms with Crippen molar-refractivity contribution >= 4 is 18.0 Å². The van der Waals surface area contributed by atoms with Gasteiger partial charge in [-0.2, -0.15) is 13.2 Å². The van der Waals surface area contributed by atoms with Gasteiger partial charge < -0.3 is 14.2 Å². The minimum absolute atomic E-state index is 0.0836. The highest BCUT2D eigenvalue weighted by atomic mass is 19.4. The van der Waals surface area contributed by atoms with E-state index in [9.17, 15) is 22.8 Å². The van der Waals surface area contributed by atoms with E-state index in [1.165, 1.54) is 6.08 Å². The lowest BCUT2D eigenvalue weighted by atomic mass is 10.2. The molecule has 0 saturated carbocycles. The molecule has 0 atom stereocenters. The van der Waals surface area contributed by atoms with Gasteiger partial charge in [0.15, 0.2) is 0 Å². The number of hydrogen-bond donors (Lipinski definition) is 0. The van der Waals surface area contributed by atoms with Gasteiger partial charge in [-0.05, 0) is 74.2 Å². The Bertz CT molecular complexity index is 887. The molecule has 2 aromatic rings. The third kappa shape index (κ3) is 9.68. The van der Waals surface area contributed by atoms with E-state index in [-0.39, 0.29) is 6.42 Å². The first kappa shape index (κ1) is 25.0. The number of halogens is 3. The third-order valence-corrected chi connectivity index (χ3v) is 4.25. The molecule has 0 heterocycles. The zero-order valence-corrected chi connectivity index (χ0v) is 17.7. The SMILES string of the molecule is CCOC(=O)/C=C/c1ccc(OC(=O)c2ccc(OCCCCCC(F)(F)F)cc2)cc1. The predicted octanol–water partition coefficient (Wildman–Crippen LogP) is 5.98. The molecule has 5 nitrogen and oxygen atoms in total. The van der Waals surface area contributed by atoms with Crippen LogP contribution in [0.15, 0.2) is 54.6 Å². The van der Waals surface area contributed by atoms with Crippen molar-refractivity contribution in [2.75, 3.05) is 13.2 Å². The maximum absolute atomic E-state index is 12.3. The number of unbranched alkanes of at least 4 members (excludes halogenated alkanes) is 2. The molecule has 0 saturated heterocycles. The number of carbonyl (C=O) groups excluding carboxylic acids is 2. The van der Waals surface area contributed by atoms with Crippen LogP contribution in [0.25, 0.3) is 6.08 Å². The van der Waals surface area contributed by atoms with Crippen LogP contribution in [-0.2, 0) is 9.53 Å². The number of esters is 2. The molecule has 0 bridgehead atoms. The molecule has 0 aliphatic carbocycles. The molecule has 8 heteroatoms. The van der Waals surface area contributed by atoms with Gasteiger partial charge in [0, 0.05) is 12.5 Å². The molecular weight excluding hydrogens is 425 g/mol. The molecule has 0 aliphatic rings. The van der Waals surface area contributed by atoms with Crippen molar-refractivity contribution in [3.63, 3.8) is 0 Å². The molecule has 0 fully saturated rings. The Morgan fingerprint density at radius 1 is 0.906 bits per heavy atom. The number of hydrogen-bond acceptors (Lipinski definition) is 5. The van der Waals surface area contributed by atoms with Crippen LogP contribution in [0.4, 0.5) is 13.2 Å².